The maximum absolute atomic E-state index is 11.4. The SMILES string of the molecule is CCOc1ccc(C)c(C(C)=O)c1Br. The molecule has 0 aliphatic rings. The molecule has 1 aromatic carbocycles. The maximum Gasteiger partial charge on any atom is 0.161 e. The van der Waals surface area contributed by atoms with Crippen LogP contribution in [0.5, 0.6) is 5.75 Å². The number of rotatable bonds is 3. The zero-order valence-electron chi connectivity index (χ0n) is 8.56. The lowest BCUT2D eigenvalue weighted by atomic mass is 10.1. The molecule has 0 radical (unpaired) electrons. The molecule has 0 amide bonds. The quantitative estimate of drug-likeness (QED) is 0.776. The van der Waals surface area contributed by atoms with Crippen molar-refractivity contribution in [2.24, 2.45) is 0 Å². The summed E-state index contributed by atoms with van der Waals surface area (Å²) in [6.45, 7) is 5.98. The third-order valence-corrected chi connectivity index (χ3v) is 2.75. The van der Waals surface area contributed by atoms with Crippen molar-refractivity contribution >= 4 is 21.7 Å². The van der Waals surface area contributed by atoms with E-state index in [1.807, 2.05) is 26.0 Å². The number of carbonyl (C=O) groups excluding carboxylic acids is 1. The molecule has 0 aliphatic heterocycles. The van der Waals surface area contributed by atoms with Crippen LogP contribution < -0.4 is 4.74 Å². The second kappa shape index (κ2) is 4.60. The van der Waals surface area contributed by atoms with Gasteiger partial charge in [-0.2, -0.15) is 0 Å². The molecule has 0 saturated carbocycles. The fraction of sp³-hybridized carbons (Fsp3) is 0.364. The lowest BCUT2D eigenvalue weighted by Gasteiger charge is -2.10. The van der Waals surface area contributed by atoms with Crippen LogP contribution >= 0.6 is 15.9 Å². The van der Waals surface area contributed by atoms with Crippen molar-refractivity contribution in [3.05, 3.63) is 27.7 Å². The first-order chi connectivity index (χ1) is 6.57. The van der Waals surface area contributed by atoms with Crippen molar-refractivity contribution < 1.29 is 9.53 Å². The molecule has 14 heavy (non-hydrogen) atoms. The van der Waals surface area contributed by atoms with Crippen LogP contribution in [-0.2, 0) is 0 Å². The molecule has 2 nitrogen and oxygen atoms in total. The van der Waals surface area contributed by atoms with Gasteiger partial charge in [0.2, 0.25) is 0 Å². The lowest BCUT2D eigenvalue weighted by Crippen LogP contribution is -2.01. The molecule has 0 unspecified atom stereocenters. The van der Waals surface area contributed by atoms with Gasteiger partial charge in [0.05, 0.1) is 11.1 Å². The maximum atomic E-state index is 11.4. The van der Waals surface area contributed by atoms with Crippen LogP contribution in [0.15, 0.2) is 16.6 Å². The van der Waals surface area contributed by atoms with Gasteiger partial charge < -0.3 is 4.74 Å². The standard InChI is InChI=1S/C11H13BrO2/c1-4-14-9-6-5-7(2)10(8(3)13)11(9)12/h5-6H,4H2,1-3H3. The Morgan fingerprint density at radius 2 is 2.14 bits per heavy atom. The van der Waals surface area contributed by atoms with E-state index < -0.39 is 0 Å². The first kappa shape index (κ1) is 11.2. The van der Waals surface area contributed by atoms with Gasteiger partial charge in [0, 0.05) is 5.56 Å². The van der Waals surface area contributed by atoms with Crippen LogP contribution in [0, 0.1) is 6.92 Å². The van der Waals surface area contributed by atoms with Gasteiger partial charge in [-0.3, -0.25) is 4.79 Å². The zero-order chi connectivity index (χ0) is 10.7. The van der Waals surface area contributed by atoms with Crippen LogP contribution in [0.4, 0.5) is 0 Å². The molecule has 0 bridgehead atoms. The third kappa shape index (κ3) is 2.15. The minimum absolute atomic E-state index is 0.0518. The zero-order valence-corrected chi connectivity index (χ0v) is 10.1. The summed E-state index contributed by atoms with van der Waals surface area (Å²) in [6, 6.07) is 3.77. The van der Waals surface area contributed by atoms with E-state index in [0.29, 0.717) is 12.2 Å². The molecule has 0 saturated heterocycles. The molecule has 0 spiro atoms. The summed E-state index contributed by atoms with van der Waals surface area (Å²) >= 11 is 3.39. The predicted octanol–water partition coefficient (Wildman–Crippen LogP) is 3.36. The molecule has 3 heteroatoms. The Morgan fingerprint density at radius 1 is 1.50 bits per heavy atom. The number of ether oxygens (including phenoxy) is 1. The number of halogens is 1. The van der Waals surface area contributed by atoms with E-state index in [1.165, 1.54) is 0 Å². The molecule has 0 aromatic heterocycles. The second-order valence-electron chi connectivity index (χ2n) is 3.06. The van der Waals surface area contributed by atoms with Gasteiger partial charge in [-0.15, -0.1) is 0 Å². The van der Waals surface area contributed by atoms with Gasteiger partial charge in [-0.05, 0) is 48.3 Å². The summed E-state index contributed by atoms with van der Waals surface area (Å²) in [6.07, 6.45) is 0. The van der Waals surface area contributed by atoms with E-state index >= 15 is 0 Å². The van der Waals surface area contributed by atoms with Crippen LogP contribution in [0.2, 0.25) is 0 Å². The van der Waals surface area contributed by atoms with Crippen molar-refractivity contribution in [1.82, 2.24) is 0 Å². The van der Waals surface area contributed by atoms with Crippen LogP contribution in [0.3, 0.4) is 0 Å². The summed E-state index contributed by atoms with van der Waals surface area (Å²) in [7, 11) is 0. The fourth-order valence-corrected chi connectivity index (χ4v) is 2.19. The molecule has 76 valence electrons. The van der Waals surface area contributed by atoms with Gasteiger partial charge in [0.1, 0.15) is 5.75 Å². The smallest absolute Gasteiger partial charge is 0.161 e. The van der Waals surface area contributed by atoms with Crippen molar-refractivity contribution in [1.29, 1.82) is 0 Å². The molecule has 0 fully saturated rings. The van der Waals surface area contributed by atoms with E-state index in [4.69, 9.17) is 4.74 Å². The van der Waals surface area contributed by atoms with E-state index in [9.17, 15) is 4.79 Å². The minimum atomic E-state index is 0.0518. The Hall–Kier alpha value is -0.830. The third-order valence-electron chi connectivity index (χ3n) is 1.97. The van der Waals surface area contributed by atoms with E-state index in [-0.39, 0.29) is 5.78 Å². The van der Waals surface area contributed by atoms with E-state index in [0.717, 1.165) is 15.8 Å². The minimum Gasteiger partial charge on any atom is -0.493 e. The topological polar surface area (TPSA) is 26.3 Å². The summed E-state index contributed by atoms with van der Waals surface area (Å²) < 4.78 is 6.14. The van der Waals surface area contributed by atoms with Gasteiger partial charge in [-0.1, -0.05) is 6.07 Å². The number of benzene rings is 1. The van der Waals surface area contributed by atoms with Crippen LogP contribution in [0.1, 0.15) is 29.8 Å². The van der Waals surface area contributed by atoms with Crippen molar-refractivity contribution in [2.75, 3.05) is 6.61 Å². The first-order valence-corrected chi connectivity index (χ1v) is 5.30. The number of aryl methyl sites for hydroxylation is 1. The molecule has 0 heterocycles. The average Bonchev–Trinajstić information content (AvgIpc) is 2.10. The lowest BCUT2D eigenvalue weighted by molar-refractivity contribution is 0.101. The number of hydrogen-bond donors (Lipinski definition) is 0. The first-order valence-electron chi connectivity index (χ1n) is 4.50. The monoisotopic (exact) mass is 256 g/mol. The second-order valence-corrected chi connectivity index (χ2v) is 3.85. The Kier molecular flexibility index (Phi) is 3.69. The van der Waals surface area contributed by atoms with Gasteiger partial charge >= 0.3 is 0 Å². The fourth-order valence-electron chi connectivity index (χ4n) is 1.35. The molecule has 1 rings (SSSR count). The number of carbonyl (C=O) groups is 1. The van der Waals surface area contributed by atoms with Crippen LogP contribution in [0.25, 0.3) is 0 Å². The summed E-state index contributed by atoms with van der Waals surface area (Å²) in [5.74, 6) is 0.777. The highest BCUT2D eigenvalue weighted by atomic mass is 79.9. The molecular weight excluding hydrogens is 244 g/mol. The average molecular weight is 257 g/mol. The number of ketones is 1. The molecular formula is C11H13BrO2. The normalized spacial score (nSPS) is 10.0. The Balaban J connectivity index is 3.26. The number of hydrogen-bond acceptors (Lipinski definition) is 2. The summed E-state index contributed by atoms with van der Waals surface area (Å²) in [5.41, 5.74) is 1.67. The predicted molar refractivity (Wildman–Crippen MR) is 60.1 cm³/mol. The summed E-state index contributed by atoms with van der Waals surface area (Å²) in [4.78, 5) is 11.4. The van der Waals surface area contributed by atoms with Gasteiger partial charge in [-0.25, -0.2) is 0 Å². The highest BCUT2D eigenvalue weighted by Crippen LogP contribution is 2.31. The molecule has 1 aromatic rings. The highest BCUT2D eigenvalue weighted by Gasteiger charge is 2.13. The largest absolute Gasteiger partial charge is 0.493 e. The molecule has 0 N–H and O–H groups in total. The van der Waals surface area contributed by atoms with E-state index in [1.54, 1.807) is 6.92 Å². The Labute approximate surface area is 92.4 Å². The van der Waals surface area contributed by atoms with Crippen molar-refractivity contribution in [2.45, 2.75) is 20.8 Å². The van der Waals surface area contributed by atoms with Crippen molar-refractivity contribution in [3.63, 3.8) is 0 Å². The molecule has 0 atom stereocenters. The van der Waals surface area contributed by atoms with Crippen LogP contribution in [-0.4, -0.2) is 12.4 Å². The Bertz CT molecular complexity index is 359. The van der Waals surface area contributed by atoms with Gasteiger partial charge in [0.15, 0.2) is 5.78 Å². The number of Topliss-reactive ketones (excluding diaryl/α,β-unsaturated/α-hetero) is 1. The van der Waals surface area contributed by atoms with Crippen molar-refractivity contribution in [3.8, 4) is 5.75 Å². The Morgan fingerprint density at radius 3 is 2.64 bits per heavy atom. The molecule has 0 aliphatic carbocycles. The van der Waals surface area contributed by atoms with Gasteiger partial charge in [0.25, 0.3) is 0 Å². The summed E-state index contributed by atoms with van der Waals surface area (Å²) in [5, 5.41) is 0. The highest BCUT2D eigenvalue weighted by molar-refractivity contribution is 9.10. The van der Waals surface area contributed by atoms with E-state index in [2.05, 4.69) is 15.9 Å².